The summed E-state index contributed by atoms with van der Waals surface area (Å²) in [5.74, 6) is -5.38. The molecule has 0 radical (unpaired) electrons. The molecule has 2 unspecified atom stereocenters. The average molecular weight is 518 g/mol. The second kappa shape index (κ2) is 10.8. The van der Waals surface area contributed by atoms with Gasteiger partial charge in [-0.15, -0.1) is 0 Å². The lowest BCUT2D eigenvalue weighted by Gasteiger charge is -2.27. The molecule has 5 nitrogen and oxygen atoms in total. The van der Waals surface area contributed by atoms with E-state index in [9.17, 15) is 31.9 Å². The number of aliphatic carboxylic acids is 1. The lowest BCUT2D eigenvalue weighted by Crippen LogP contribution is -2.36. The Morgan fingerprint density at radius 2 is 1.97 bits per heavy atom. The molecule has 0 spiro atoms. The number of hydrogen-bond donors (Lipinski definition) is 2. The molecule has 2 rings (SSSR count). The molecule has 11 heteroatoms. The van der Waals surface area contributed by atoms with Crippen molar-refractivity contribution in [2.24, 2.45) is 5.92 Å². The van der Waals surface area contributed by atoms with E-state index in [-0.39, 0.29) is 24.3 Å². The van der Waals surface area contributed by atoms with Crippen LogP contribution in [0.5, 0.6) is 11.5 Å². The monoisotopic (exact) mass is 517 g/mol. The number of hydrogen-bond acceptors (Lipinski definition) is 4. The van der Waals surface area contributed by atoms with Crippen LogP contribution in [0.3, 0.4) is 0 Å². The summed E-state index contributed by atoms with van der Waals surface area (Å²) in [6.45, 7) is 0.112. The number of halogens is 6. The molecule has 1 aliphatic carbocycles. The van der Waals surface area contributed by atoms with Crippen LogP contribution in [0, 0.1) is 5.92 Å². The molecule has 2 N–H and O–H groups in total. The second-order valence-electron chi connectivity index (χ2n) is 7.54. The molecular weight excluding hydrogens is 493 g/mol. The van der Waals surface area contributed by atoms with Crippen LogP contribution in [0.25, 0.3) is 0 Å². The van der Waals surface area contributed by atoms with E-state index in [2.05, 4.69) is 21.2 Å². The van der Waals surface area contributed by atoms with Gasteiger partial charge in [0.2, 0.25) is 0 Å². The van der Waals surface area contributed by atoms with Crippen molar-refractivity contribution in [2.75, 3.05) is 13.7 Å². The number of methoxy groups -OCH3 is 1. The first-order valence-electron chi connectivity index (χ1n) is 9.84. The molecule has 0 aromatic heterocycles. The van der Waals surface area contributed by atoms with Gasteiger partial charge in [-0.25, -0.2) is 0 Å². The predicted octanol–water partition coefficient (Wildman–Crippen LogP) is 5.55. The van der Waals surface area contributed by atoms with E-state index in [4.69, 9.17) is 9.47 Å². The highest BCUT2D eigenvalue weighted by Gasteiger charge is 2.56. The van der Waals surface area contributed by atoms with Crippen molar-refractivity contribution in [3.63, 3.8) is 0 Å². The quantitative estimate of drug-likeness (QED) is 0.314. The van der Waals surface area contributed by atoms with Crippen molar-refractivity contribution in [1.82, 2.24) is 5.32 Å². The molecule has 0 heterocycles. The van der Waals surface area contributed by atoms with Gasteiger partial charge in [0, 0.05) is 19.0 Å². The standard InChI is InChI=1S/C20H25BrF5NO4/c1-30-16-9-12(11-27-14-5-2-4-13(10-14)18(28)29)8-15(21)17(16)31-7-3-6-19(22,23)20(24,25)26/h8-9,13-14,27H,2-7,10-11H2,1H3,(H,28,29). The molecule has 1 fully saturated rings. The Morgan fingerprint density at radius 3 is 2.58 bits per heavy atom. The minimum Gasteiger partial charge on any atom is -0.493 e. The summed E-state index contributed by atoms with van der Waals surface area (Å²) in [7, 11) is 1.39. The summed E-state index contributed by atoms with van der Waals surface area (Å²) < 4.78 is 73.8. The van der Waals surface area contributed by atoms with E-state index < -0.39 is 30.9 Å². The molecule has 0 saturated heterocycles. The number of nitrogens with one attached hydrogen (secondary N) is 1. The van der Waals surface area contributed by atoms with Crippen molar-refractivity contribution in [3.05, 3.63) is 22.2 Å². The lowest BCUT2D eigenvalue weighted by molar-refractivity contribution is -0.284. The first kappa shape index (κ1) is 25.6. The van der Waals surface area contributed by atoms with Gasteiger partial charge >= 0.3 is 18.1 Å². The number of ether oxygens (including phenoxy) is 2. The molecule has 31 heavy (non-hydrogen) atoms. The Balaban J connectivity index is 1.93. The SMILES string of the molecule is COc1cc(CNC2CCCC(C(=O)O)C2)cc(Br)c1OCCCC(F)(F)C(F)(F)F. The fraction of sp³-hybridized carbons (Fsp3) is 0.650. The second-order valence-corrected chi connectivity index (χ2v) is 8.40. The van der Waals surface area contributed by atoms with Crippen LogP contribution in [-0.2, 0) is 11.3 Å². The minimum atomic E-state index is -5.58. The topological polar surface area (TPSA) is 67.8 Å². The summed E-state index contributed by atoms with van der Waals surface area (Å²) in [6, 6.07) is 3.48. The first-order valence-corrected chi connectivity index (χ1v) is 10.6. The summed E-state index contributed by atoms with van der Waals surface area (Å²) in [4.78, 5) is 11.2. The zero-order valence-corrected chi connectivity index (χ0v) is 18.5. The smallest absolute Gasteiger partial charge is 0.453 e. The van der Waals surface area contributed by atoms with Gasteiger partial charge in [-0.2, -0.15) is 22.0 Å². The predicted molar refractivity (Wildman–Crippen MR) is 107 cm³/mol. The minimum absolute atomic E-state index is 0.0749. The lowest BCUT2D eigenvalue weighted by atomic mass is 9.86. The highest BCUT2D eigenvalue weighted by molar-refractivity contribution is 9.10. The Morgan fingerprint density at radius 1 is 1.26 bits per heavy atom. The molecule has 1 aromatic carbocycles. The Kier molecular flexibility index (Phi) is 8.93. The van der Waals surface area contributed by atoms with Gasteiger partial charge in [-0.1, -0.05) is 6.42 Å². The number of carbonyl (C=O) groups is 1. The van der Waals surface area contributed by atoms with Crippen LogP contribution in [-0.4, -0.2) is 42.9 Å². The van der Waals surface area contributed by atoms with Gasteiger partial charge in [0.15, 0.2) is 11.5 Å². The highest BCUT2D eigenvalue weighted by Crippen LogP contribution is 2.40. The maximum absolute atomic E-state index is 13.0. The Hall–Kier alpha value is -1.62. The molecule has 0 aliphatic heterocycles. The number of carboxylic acids is 1. The third kappa shape index (κ3) is 7.20. The van der Waals surface area contributed by atoms with Crippen LogP contribution in [0.1, 0.15) is 44.1 Å². The zero-order valence-electron chi connectivity index (χ0n) is 16.9. The van der Waals surface area contributed by atoms with Gasteiger partial charge in [-0.3, -0.25) is 4.79 Å². The summed E-state index contributed by atoms with van der Waals surface area (Å²) in [5, 5.41) is 12.5. The van der Waals surface area contributed by atoms with Gasteiger partial charge in [0.25, 0.3) is 0 Å². The maximum Gasteiger partial charge on any atom is 0.453 e. The van der Waals surface area contributed by atoms with E-state index in [1.807, 2.05) is 0 Å². The average Bonchev–Trinajstić information content (AvgIpc) is 2.69. The van der Waals surface area contributed by atoms with Crippen molar-refractivity contribution < 1.29 is 41.3 Å². The molecule has 1 aliphatic rings. The van der Waals surface area contributed by atoms with Crippen LogP contribution >= 0.6 is 15.9 Å². The fourth-order valence-electron chi connectivity index (χ4n) is 3.49. The highest BCUT2D eigenvalue weighted by atomic mass is 79.9. The molecule has 176 valence electrons. The van der Waals surface area contributed by atoms with Crippen LogP contribution < -0.4 is 14.8 Å². The number of alkyl halides is 5. The van der Waals surface area contributed by atoms with Crippen LogP contribution in [0.4, 0.5) is 22.0 Å². The van der Waals surface area contributed by atoms with Crippen LogP contribution in [0.15, 0.2) is 16.6 Å². The van der Waals surface area contributed by atoms with Gasteiger partial charge in [0.1, 0.15) is 0 Å². The summed E-state index contributed by atoms with van der Waals surface area (Å²) in [6.07, 6.45) is -4.49. The van der Waals surface area contributed by atoms with Crippen molar-refractivity contribution >= 4 is 21.9 Å². The number of rotatable bonds is 10. The summed E-state index contributed by atoms with van der Waals surface area (Å²) in [5.41, 5.74) is 0.817. The third-order valence-electron chi connectivity index (χ3n) is 5.20. The summed E-state index contributed by atoms with van der Waals surface area (Å²) >= 11 is 3.32. The Labute approximate surface area is 185 Å². The Bertz CT molecular complexity index is 760. The van der Waals surface area contributed by atoms with E-state index in [1.165, 1.54) is 7.11 Å². The van der Waals surface area contributed by atoms with Gasteiger partial charge < -0.3 is 19.9 Å². The number of benzene rings is 1. The van der Waals surface area contributed by atoms with E-state index in [0.29, 0.717) is 29.6 Å². The molecule has 2 atom stereocenters. The van der Waals surface area contributed by atoms with E-state index >= 15 is 0 Å². The third-order valence-corrected chi connectivity index (χ3v) is 5.79. The molecule has 0 bridgehead atoms. The fourth-order valence-corrected chi connectivity index (χ4v) is 4.09. The van der Waals surface area contributed by atoms with Crippen molar-refractivity contribution in [3.8, 4) is 11.5 Å². The van der Waals surface area contributed by atoms with Crippen LogP contribution in [0.2, 0.25) is 0 Å². The normalized spacial score (nSPS) is 19.8. The maximum atomic E-state index is 13.0. The van der Waals surface area contributed by atoms with E-state index in [0.717, 1.165) is 18.4 Å². The van der Waals surface area contributed by atoms with Gasteiger partial charge in [0.05, 0.1) is 24.1 Å². The van der Waals surface area contributed by atoms with Crippen molar-refractivity contribution in [1.29, 1.82) is 0 Å². The van der Waals surface area contributed by atoms with Crippen molar-refractivity contribution in [2.45, 2.75) is 63.2 Å². The van der Waals surface area contributed by atoms with E-state index in [1.54, 1.807) is 12.1 Å². The molecular formula is C20H25BrF5NO4. The zero-order chi connectivity index (χ0) is 23.2. The largest absolute Gasteiger partial charge is 0.493 e. The molecule has 1 saturated carbocycles. The van der Waals surface area contributed by atoms with Gasteiger partial charge in [-0.05, 0) is 59.3 Å². The number of carboxylic acid groups (broad SMARTS) is 1. The first-order chi connectivity index (χ1) is 14.4. The molecule has 1 aromatic rings. The molecule has 0 amide bonds.